The van der Waals surface area contributed by atoms with Gasteiger partial charge in [-0.05, 0) is 49.1 Å². The Balaban J connectivity index is 1.93. The molecule has 2 aromatic rings. The number of amides is 1. The van der Waals surface area contributed by atoms with Crippen molar-refractivity contribution in [1.29, 1.82) is 0 Å². The molecule has 1 unspecified atom stereocenters. The standard InChI is InChI=1S/C19H20Cl3N3O/c1-11-3-2-6-25(10-11)17-5-4-13(23)9-14(17)19(26)24-18-15(21)7-12(20)8-16(18)22/h4-5,7-9,11H,2-3,6,10,23H2,1H3,(H,24,26). The number of piperidine rings is 1. The van der Waals surface area contributed by atoms with E-state index in [4.69, 9.17) is 40.5 Å². The third-order valence-corrected chi connectivity index (χ3v) is 5.32. The van der Waals surface area contributed by atoms with E-state index >= 15 is 0 Å². The summed E-state index contributed by atoms with van der Waals surface area (Å²) in [5.74, 6) is 0.272. The number of nitrogen functional groups attached to an aromatic ring is 1. The van der Waals surface area contributed by atoms with Gasteiger partial charge in [-0.3, -0.25) is 4.79 Å². The van der Waals surface area contributed by atoms with E-state index in [0.29, 0.717) is 27.9 Å². The van der Waals surface area contributed by atoms with Gasteiger partial charge < -0.3 is 16.0 Å². The van der Waals surface area contributed by atoms with Gasteiger partial charge in [0.1, 0.15) is 0 Å². The molecule has 1 aliphatic rings. The fourth-order valence-corrected chi connectivity index (χ4v) is 4.17. The lowest BCUT2D eigenvalue weighted by atomic mass is 9.98. The van der Waals surface area contributed by atoms with Crippen molar-refractivity contribution in [3.63, 3.8) is 0 Å². The SMILES string of the molecule is CC1CCCN(c2ccc(N)cc2C(=O)Nc2c(Cl)cc(Cl)cc2Cl)C1. The highest BCUT2D eigenvalue weighted by atomic mass is 35.5. The van der Waals surface area contributed by atoms with E-state index in [1.54, 1.807) is 6.07 Å². The van der Waals surface area contributed by atoms with Gasteiger partial charge in [-0.25, -0.2) is 0 Å². The number of nitrogens with two attached hydrogens (primary N) is 1. The first-order chi connectivity index (χ1) is 12.3. The molecular weight excluding hydrogens is 393 g/mol. The second kappa shape index (κ2) is 7.95. The van der Waals surface area contributed by atoms with Crippen LogP contribution in [0.5, 0.6) is 0 Å². The zero-order valence-corrected chi connectivity index (χ0v) is 16.6. The van der Waals surface area contributed by atoms with Crippen molar-refractivity contribution in [1.82, 2.24) is 0 Å². The maximum Gasteiger partial charge on any atom is 0.257 e. The highest BCUT2D eigenvalue weighted by Crippen LogP contribution is 2.35. The first-order valence-corrected chi connectivity index (χ1v) is 9.59. The molecule has 3 N–H and O–H groups in total. The van der Waals surface area contributed by atoms with Crippen LogP contribution in [0.3, 0.4) is 0 Å². The minimum absolute atomic E-state index is 0.285. The topological polar surface area (TPSA) is 58.4 Å². The summed E-state index contributed by atoms with van der Waals surface area (Å²) in [5.41, 5.74) is 8.15. The molecule has 1 fully saturated rings. The van der Waals surface area contributed by atoms with Crippen molar-refractivity contribution in [2.75, 3.05) is 29.0 Å². The van der Waals surface area contributed by atoms with Crippen LogP contribution in [0, 0.1) is 5.92 Å². The van der Waals surface area contributed by atoms with Gasteiger partial charge in [-0.2, -0.15) is 0 Å². The van der Waals surface area contributed by atoms with Gasteiger partial charge in [0.25, 0.3) is 5.91 Å². The van der Waals surface area contributed by atoms with Crippen molar-refractivity contribution in [3.8, 4) is 0 Å². The van der Waals surface area contributed by atoms with Crippen molar-refractivity contribution < 1.29 is 4.79 Å². The molecule has 1 saturated heterocycles. The van der Waals surface area contributed by atoms with Crippen LogP contribution in [0.25, 0.3) is 0 Å². The summed E-state index contributed by atoms with van der Waals surface area (Å²) in [6.45, 7) is 4.04. The highest BCUT2D eigenvalue weighted by molar-refractivity contribution is 6.42. The minimum Gasteiger partial charge on any atom is -0.399 e. The largest absolute Gasteiger partial charge is 0.399 e. The number of nitrogens with one attached hydrogen (secondary N) is 1. The lowest BCUT2D eigenvalue weighted by Crippen LogP contribution is -2.35. The van der Waals surface area contributed by atoms with Gasteiger partial charge >= 0.3 is 0 Å². The summed E-state index contributed by atoms with van der Waals surface area (Å²) < 4.78 is 0. The smallest absolute Gasteiger partial charge is 0.257 e. The van der Waals surface area contributed by atoms with Gasteiger partial charge in [0.2, 0.25) is 0 Å². The molecule has 1 aliphatic heterocycles. The molecule has 0 aliphatic carbocycles. The first-order valence-electron chi connectivity index (χ1n) is 8.45. The molecule has 4 nitrogen and oxygen atoms in total. The van der Waals surface area contributed by atoms with Crippen molar-refractivity contribution in [3.05, 3.63) is 51.0 Å². The number of benzene rings is 2. The Labute approximate surface area is 168 Å². The number of halogens is 3. The van der Waals surface area contributed by atoms with E-state index in [1.165, 1.54) is 18.6 Å². The summed E-state index contributed by atoms with van der Waals surface area (Å²) in [4.78, 5) is 15.2. The second-order valence-corrected chi connectivity index (χ2v) is 7.92. The lowest BCUT2D eigenvalue weighted by molar-refractivity contribution is 0.102. The van der Waals surface area contributed by atoms with Crippen molar-refractivity contribution >= 4 is 57.8 Å². The molecule has 26 heavy (non-hydrogen) atoms. The summed E-state index contributed by atoms with van der Waals surface area (Å²) in [6.07, 6.45) is 2.30. The summed E-state index contributed by atoms with van der Waals surface area (Å²) >= 11 is 18.3. The van der Waals surface area contributed by atoms with E-state index in [1.807, 2.05) is 12.1 Å². The lowest BCUT2D eigenvalue weighted by Gasteiger charge is -2.34. The molecule has 3 rings (SSSR count). The minimum atomic E-state index is -0.309. The molecular formula is C19H20Cl3N3O. The zero-order valence-electron chi connectivity index (χ0n) is 14.4. The summed E-state index contributed by atoms with van der Waals surface area (Å²) in [7, 11) is 0. The highest BCUT2D eigenvalue weighted by Gasteiger charge is 2.23. The zero-order chi connectivity index (χ0) is 18.8. The Morgan fingerprint density at radius 2 is 1.88 bits per heavy atom. The van der Waals surface area contributed by atoms with Crippen molar-refractivity contribution in [2.45, 2.75) is 19.8 Å². The van der Waals surface area contributed by atoms with Gasteiger partial charge in [-0.15, -0.1) is 0 Å². The molecule has 0 saturated carbocycles. The predicted molar refractivity (Wildman–Crippen MR) is 111 cm³/mol. The third kappa shape index (κ3) is 4.20. The molecule has 1 heterocycles. The van der Waals surface area contributed by atoms with E-state index < -0.39 is 0 Å². The number of anilines is 3. The van der Waals surface area contributed by atoms with Gasteiger partial charge in [0, 0.05) is 29.5 Å². The maximum atomic E-state index is 13.0. The Hall–Kier alpha value is -1.62. The Morgan fingerprint density at radius 1 is 1.19 bits per heavy atom. The molecule has 7 heteroatoms. The van der Waals surface area contributed by atoms with E-state index in [-0.39, 0.29) is 16.0 Å². The monoisotopic (exact) mass is 411 g/mol. The van der Waals surface area contributed by atoms with E-state index in [2.05, 4.69) is 17.1 Å². The van der Waals surface area contributed by atoms with Crippen LogP contribution in [-0.4, -0.2) is 19.0 Å². The van der Waals surface area contributed by atoms with Crippen molar-refractivity contribution in [2.24, 2.45) is 5.92 Å². The number of carbonyl (C=O) groups is 1. The summed E-state index contributed by atoms with van der Waals surface area (Å²) in [6, 6.07) is 8.47. The number of carbonyl (C=O) groups excluding carboxylic acids is 1. The Kier molecular flexibility index (Phi) is 5.86. The molecule has 0 aromatic heterocycles. The van der Waals surface area contributed by atoms with Crippen LogP contribution < -0.4 is 16.0 Å². The predicted octanol–water partition coefficient (Wildman–Crippen LogP) is 5.72. The summed E-state index contributed by atoms with van der Waals surface area (Å²) in [5, 5.41) is 3.77. The number of rotatable bonds is 3. The normalized spacial score (nSPS) is 17.2. The molecule has 138 valence electrons. The first kappa shape index (κ1) is 19.2. The molecule has 2 aromatic carbocycles. The molecule has 0 spiro atoms. The molecule has 0 bridgehead atoms. The fourth-order valence-electron chi connectivity index (χ4n) is 3.26. The maximum absolute atomic E-state index is 13.0. The van der Waals surface area contributed by atoms with Crippen LogP contribution >= 0.6 is 34.8 Å². The van der Waals surface area contributed by atoms with Crippen LogP contribution in [-0.2, 0) is 0 Å². The average Bonchev–Trinajstić information content (AvgIpc) is 2.57. The molecule has 1 amide bonds. The number of hydrogen-bond acceptors (Lipinski definition) is 3. The van der Waals surface area contributed by atoms with E-state index in [0.717, 1.165) is 25.2 Å². The average molecular weight is 413 g/mol. The molecule has 0 radical (unpaired) electrons. The quantitative estimate of drug-likeness (QED) is 0.634. The second-order valence-electron chi connectivity index (χ2n) is 6.67. The van der Waals surface area contributed by atoms with Gasteiger partial charge in [0.15, 0.2) is 0 Å². The van der Waals surface area contributed by atoms with Crippen LogP contribution in [0.2, 0.25) is 15.1 Å². The fraction of sp³-hybridized carbons (Fsp3) is 0.316. The van der Waals surface area contributed by atoms with Crippen LogP contribution in [0.1, 0.15) is 30.1 Å². The Morgan fingerprint density at radius 3 is 2.54 bits per heavy atom. The third-order valence-electron chi connectivity index (χ3n) is 4.51. The van der Waals surface area contributed by atoms with Crippen LogP contribution in [0.4, 0.5) is 17.1 Å². The number of nitrogens with zero attached hydrogens (tertiary/aromatic N) is 1. The van der Waals surface area contributed by atoms with Gasteiger partial charge in [-0.1, -0.05) is 41.7 Å². The van der Waals surface area contributed by atoms with Crippen LogP contribution in [0.15, 0.2) is 30.3 Å². The Bertz CT molecular complexity index is 818. The molecule has 1 atom stereocenters. The number of hydrogen-bond donors (Lipinski definition) is 2. The van der Waals surface area contributed by atoms with E-state index in [9.17, 15) is 4.79 Å². The van der Waals surface area contributed by atoms with Gasteiger partial charge in [0.05, 0.1) is 21.3 Å².